The average molecular weight is 309 g/mol. The molecular weight excluding hydrogens is 278 g/mol. The first kappa shape index (κ1) is 17.3. The predicted molar refractivity (Wildman–Crippen MR) is 87.1 cm³/mol. The Balaban J connectivity index is 1.79. The minimum atomic E-state index is -0.451. The number of nitrogens with two attached hydrogens (primary N) is 1. The van der Waals surface area contributed by atoms with E-state index < -0.39 is 6.04 Å². The number of carbonyl (C=O) groups is 2. The maximum absolute atomic E-state index is 12.5. The van der Waals surface area contributed by atoms with Crippen LogP contribution in [0.1, 0.15) is 58.8 Å². The van der Waals surface area contributed by atoms with E-state index in [-0.39, 0.29) is 23.8 Å². The predicted octanol–water partition coefficient (Wildman–Crippen LogP) is 1.66. The number of hydrogen-bond acceptors (Lipinski definition) is 3. The van der Waals surface area contributed by atoms with Crippen molar-refractivity contribution in [1.29, 1.82) is 0 Å². The monoisotopic (exact) mass is 309 g/mol. The number of nitrogens with one attached hydrogen (secondary N) is 1. The lowest BCUT2D eigenvalue weighted by atomic mass is 9.88. The molecule has 22 heavy (non-hydrogen) atoms. The summed E-state index contributed by atoms with van der Waals surface area (Å²) in [4.78, 5) is 26.6. The van der Waals surface area contributed by atoms with E-state index in [1.165, 1.54) is 19.3 Å². The smallest absolute Gasteiger partial charge is 0.237 e. The van der Waals surface area contributed by atoms with Crippen LogP contribution in [-0.2, 0) is 9.59 Å². The van der Waals surface area contributed by atoms with Crippen molar-refractivity contribution in [2.24, 2.45) is 17.6 Å². The average Bonchev–Trinajstić information content (AvgIpc) is 3.01. The lowest BCUT2D eigenvalue weighted by molar-refractivity contribution is -0.135. The SMILES string of the molecule is CCC(C)C(N)C(=O)NC1CCN(C(=O)C2CCCCC2)C1. The molecule has 0 aromatic carbocycles. The fraction of sp³-hybridized carbons (Fsp3) is 0.882. The van der Waals surface area contributed by atoms with Crippen molar-refractivity contribution in [2.75, 3.05) is 13.1 Å². The van der Waals surface area contributed by atoms with Gasteiger partial charge in [-0.2, -0.15) is 0 Å². The Labute approximate surface area is 134 Å². The first-order valence-corrected chi connectivity index (χ1v) is 8.87. The van der Waals surface area contributed by atoms with Gasteiger partial charge >= 0.3 is 0 Å². The zero-order valence-electron chi connectivity index (χ0n) is 14.0. The highest BCUT2D eigenvalue weighted by Crippen LogP contribution is 2.26. The normalized spacial score (nSPS) is 25.8. The Kier molecular flexibility index (Phi) is 6.24. The molecule has 2 amide bonds. The second-order valence-electron chi connectivity index (χ2n) is 7.02. The van der Waals surface area contributed by atoms with Crippen LogP contribution in [0.15, 0.2) is 0 Å². The van der Waals surface area contributed by atoms with E-state index in [0.717, 1.165) is 32.2 Å². The number of hydrogen-bond donors (Lipinski definition) is 2. The number of rotatable bonds is 5. The van der Waals surface area contributed by atoms with Crippen molar-refractivity contribution in [1.82, 2.24) is 10.2 Å². The van der Waals surface area contributed by atoms with Gasteiger partial charge in [0.1, 0.15) is 0 Å². The molecular formula is C17H31N3O2. The van der Waals surface area contributed by atoms with Crippen LogP contribution < -0.4 is 11.1 Å². The molecule has 3 atom stereocenters. The van der Waals surface area contributed by atoms with Gasteiger partial charge in [0.25, 0.3) is 0 Å². The molecule has 5 heteroatoms. The van der Waals surface area contributed by atoms with E-state index in [0.29, 0.717) is 12.5 Å². The van der Waals surface area contributed by atoms with Crippen LogP contribution in [0.2, 0.25) is 0 Å². The number of nitrogens with zero attached hydrogens (tertiary/aromatic N) is 1. The minimum Gasteiger partial charge on any atom is -0.350 e. The van der Waals surface area contributed by atoms with Gasteiger partial charge in [-0.05, 0) is 25.2 Å². The van der Waals surface area contributed by atoms with E-state index in [9.17, 15) is 9.59 Å². The van der Waals surface area contributed by atoms with Gasteiger partial charge in [0.05, 0.1) is 6.04 Å². The fourth-order valence-corrected chi connectivity index (χ4v) is 3.50. The molecule has 0 spiro atoms. The van der Waals surface area contributed by atoms with E-state index in [4.69, 9.17) is 5.73 Å². The third-order valence-corrected chi connectivity index (χ3v) is 5.36. The first-order valence-electron chi connectivity index (χ1n) is 8.87. The Bertz CT molecular complexity index is 393. The number of amides is 2. The maximum Gasteiger partial charge on any atom is 0.237 e. The van der Waals surface area contributed by atoms with Crippen LogP contribution >= 0.6 is 0 Å². The summed E-state index contributed by atoms with van der Waals surface area (Å²) in [6.45, 7) is 5.45. The molecule has 1 aliphatic carbocycles. The van der Waals surface area contributed by atoms with Crippen LogP contribution in [0.25, 0.3) is 0 Å². The van der Waals surface area contributed by atoms with Crippen LogP contribution in [0.4, 0.5) is 0 Å². The standard InChI is InChI=1S/C17H31N3O2/c1-3-12(2)15(18)16(21)19-14-9-10-20(11-14)17(22)13-7-5-4-6-8-13/h12-15H,3-11,18H2,1-2H3,(H,19,21). The molecule has 0 radical (unpaired) electrons. The summed E-state index contributed by atoms with van der Waals surface area (Å²) in [7, 11) is 0. The van der Waals surface area contributed by atoms with Gasteiger partial charge in [-0.1, -0.05) is 39.5 Å². The Morgan fingerprint density at radius 2 is 1.91 bits per heavy atom. The molecule has 126 valence electrons. The van der Waals surface area contributed by atoms with Crippen molar-refractivity contribution in [2.45, 2.75) is 70.9 Å². The quantitative estimate of drug-likeness (QED) is 0.811. The fourth-order valence-electron chi connectivity index (χ4n) is 3.50. The van der Waals surface area contributed by atoms with Crippen molar-refractivity contribution >= 4 is 11.8 Å². The topological polar surface area (TPSA) is 75.4 Å². The van der Waals surface area contributed by atoms with Crippen LogP contribution in [0.5, 0.6) is 0 Å². The van der Waals surface area contributed by atoms with E-state index in [1.54, 1.807) is 0 Å². The maximum atomic E-state index is 12.5. The third kappa shape index (κ3) is 4.22. The van der Waals surface area contributed by atoms with Crippen LogP contribution in [0, 0.1) is 11.8 Å². The van der Waals surface area contributed by atoms with Gasteiger partial charge < -0.3 is 16.0 Å². The summed E-state index contributed by atoms with van der Waals surface area (Å²) in [6.07, 6.45) is 7.41. The molecule has 5 nitrogen and oxygen atoms in total. The van der Waals surface area contributed by atoms with Gasteiger partial charge in [0.15, 0.2) is 0 Å². The molecule has 1 aliphatic heterocycles. The molecule has 2 rings (SSSR count). The molecule has 0 bridgehead atoms. The Hall–Kier alpha value is -1.10. The molecule has 2 aliphatic rings. The van der Waals surface area contributed by atoms with E-state index >= 15 is 0 Å². The van der Waals surface area contributed by atoms with E-state index in [2.05, 4.69) is 5.32 Å². The summed E-state index contributed by atoms with van der Waals surface area (Å²) >= 11 is 0. The molecule has 2 fully saturated rings. The Morgan fingerprint density at radius 3 is 2.55 bits per heavy atom. The summed E-state index contributed by atoms with van der Waals surface area (Å²) in [6, 6.07) is -0.386. The molecule has 0 aromatic rings. The number of likely N-dealkylation sites (tertiary alicyclic amines) is 1. The first-order chi connectivity index (χ1) is 10.5. The summed E-state index contributed by atoms with van der Waals surface area (Å²) in [5.41, 5.74) is 5.97. The highest BCUT2D eigenvalue weighted by atomic mass is 16.2. The molecule has 1 heterocycles. The molecule has 0 aromatic heterocycles. The molecule has 1 saturated carbocycles. The molecule has 3 N–H and O–H groups in total. The van der Waals surface area contributed by atoms with Gasteiger partial charge in [0, 0.05) is 25.0 Å². The van der Waals surface area contributed by atoms with Crippen molar-refractivity contribution < 1.29 is 9.59 Å². The highest BCUT2D eigenvalue weighted by Gasteiger charge is 2.33. The second-order valence-corrected chi connectivity index (χ2v) is 7.02. The van der Waals surface area contributed by atoms with Gasteiger partial charge in [-0.3, -0.25) is 9.59 Å². The number of carbonyl (C=O) groups excluding carboxylic acids is 2. The summed E-state index contributed by atoms with van der Waals surface area (Å²) < 4.78 is 0. The summed E-state index contributed by atoms with van der Waals surface area (Å²) in [5.74, 6) is 0.612. The largest absolute Gasteiger partial charge is 0.350 e. The molecule has 3 unspecified atom stereocenters. The van der Waals surface area contributed by atoms with Crippen molar-refractivity contribution in [3.8, 4) is 0 Å². The lowest BCUT2D eigenvalue weighted by Gasteiger charge is -2.26. The minimum absolute atomic E-state index is 0.0650. The van der Waals surface area contributed by atoms with Gasteiger partial charge in [0.2, 0.25) is 11.8 Å². The summed E-state index contributed by atoms with van der Waals surface area (Å²) in [5, 5.41) is 3.02. The zero-order chi connectivity index (χ0) is 16.1. The third-order valence-electron chi connectivity index (χ3n) is 5.36. The van der Waals surface area contributed by atoms with Crippen LogP contribution in [0.3, 0.4) is 0 Å². The highest BCUT2D eigenvalue weighted by molar-refractivity contribution is 5.82. The lowest BCUT2D eigenvalue weighted by Crippen LogP contribution is -2.49. The van der Waals surface area contributed by atoms with Crippen molar-refractivity contribution in [3.63, 3.8) is 0 Å². The van der Waals surface area contributed by atoms with Crippen molar-refractivity contribution in [3.05, 3.63) is 0 Å². The van der Waals surface area contributed by atoms with Gasteiger partial charge in [-0.15, -0.1) is 0 Å². The van der Waals surface area contributed by atoms with Crippen LogP contribution in [-0.4, -0.2) is 41.9 Å². The molecule has 1 saturated heterocycles. The second kappa shape index (κ2) is 7.95. The zero-order valence-corrected chi connectivity index (χ0v) is 14.0. The van der Waals surface area contributed by atoms with Gasteiger partial charge in [-0.25, -0.2) is 0 Å². The Morgan fingerprint density at radius 1 is 1.23 bits per heavy atom. The van der Waals surface area contributed by atoms with E-state index in [1.807, 2.05) is 18.7 Å².